The van der Waals surface area contributed by atoms with Crippen molar-refractivity contribution in [3.63, 3.8) is 0 Å². The molecule has 0 saturated carbocycles. The van der Waals surface area contributed by atoms with Crippen molar-refractivity contribution < 1.29 is 0 Å². The molecule has 0 fully saturated rings. The van der Waals surface area contributed by atoms with Crippen LogP contribution in [0.1, 0.15) is 47.6 Å². The number of rotatable bonds is 6. The van der Waals surface area contributed by atoms with E-state index in [4.69, 9.17) is 15.0 Å². The summed E-state index contributed by atoms with van der Waals surface area (Å²) in [5, 5.41) is 0. The number of pyridine rings is 2. The molecule has 3 heterocycles. The molecule has 274 valence electrons. The Kier molecular flexibility index (Phi) is 7.83. The fraction of sp³-hybridized carbons (Fsp3) is 0.0755. The number of hydrogen-bond donors (Lipinski definition) is 0. The molecule has 11 rings (SSSR count). The van der Waals surface area contributed by atoms with Crippen LogP contribution in [0, 0.1) is 0 Å². The summed E-state index contributed by atoms with van der Waals surface area (Å²) in [5.41, 5.74) is 19.1. The molecule has 0 spiro atoms. The van der Waals surface area contributed by atoms with Crippen LogP contribution in [0.4, 0.5) is 0 Å². The van der Waals surface area contributed by atoms with E-state index in [2.05, 4.69) is 157 Å². The second-order valence-corrected chi connectivity index (χ2v) is 15.6. The summed E-state index contributed by atoms with van der Waals surface area (Å²) in [6, 6.07) is 56.8. The van der Waals surface area contributed by atoms with Crippen LogP contribution in [-0.4, -0.2) is 24.9 Å². The molecule has 0 aliphatic heterocycles. The standard InChI is InChI=1S/C53H37N5/c1-53(2)44-20-12-11-19-41(44)47-45(53)22-21-40-38-17-9-10-18-39(38)48(49(40)47)46-42(33-13-5-3-6-14-33)31-37(32-43(46)34-15-7-4-8-16-34)52-57-50(35-23-27-54-28-24-35)56-51(58-52)36-25-29-55-30-26-36/h3-32,48H,1-2H3. The predicted molar refractivity (Wildman–Crippen MR) is 233 cm³/mol. The monoisotopic (exact) mass is 743 g/mol. The van der Waals surface area contributed by atoms with Gasteiger partial charge in [-0.15, -0.1) is 0 Å². The van der Waals surface area contributed by atoms with Gasteiger partial charge in [0.15, 0.2) is 17.5 Å². The fourth-order valence-corrected chi connectivity index (χ4v) is 9.38. The number of nitrogens with zero attached hydrogens (tertiary/aromatic N) is 5. The lowest BCUT2D eigenvalue weighted by atomic mass is 9.76. The van der Waals surface area contributed by atoms with Crippen LogP contribution in [0.3, 0.4) is 0 Å². The van der Waals surface area contributed by atoms with Crippen LogP contribution in [-0.2, 0) is 5.41 Å². The number of aromatic nitrogens is 5. The summed E-state index contributed by atoms with van der Waals surface area (Å²) in [4.78, 5) is 23.9. The molecular formula is C53H37N5. The molecule has 6 aromatic carbocycles. The zero-order valence-electron chi connectivity index (χ0n) is 32.1. The normalized spacial score (nSPS) is 14.3. The molecule has 2 aliphatic carbocycles. The number of benzene rings is 6. The van der Waals surface area contributed by atoms with E-state index in [0.717, 1.165) is 38.9 Å². The first kappa shape index (κ1) is 33.9. The van der Waals surface area contributed by atoms with Crippen molar-refractivity contribution in [2.75, 3.05) is 0 Å². The van der Waals surface area contributed by atoms with E-state index in [-0.39, 0.29) is 11.3 Å². The number of hydrogen-bond acceptors (Lipinski definition) is 5. The number of fused-ring (bicyclic) bond motifs is 7. The van der Waals surface area contributed by atoms with Gasteiger partial charge < -0.3 is 0 Å². The largest absolute Gasteiger partial charge is 0.265 e. The van der Waals surface area contributed by atoms with Crippen LogP contribution in [0.25, 0.3) is 78.7 Å². The zero-order chi connectivity index (χ0) is 38.8. The maximum absolute atomic E-state index is 5.19. The summed E-state index contributed by atoms with van der Waals surface area (Å²) >= 11 is 0. The highest BCUT2D eigenvalue weighted by atomic mass is 15.0. The third-order valence-corrected chi connectivity index (χ3v) is 12.0. The summed E-state index contributed by atoms with van der Waals surface area (Å²) in [5.74, 6) is 1.71. The molecule has 1 unspecified atom stereocenters. The SMILES string of the molecule is CC1(C)c2ccccc2-c2c1ccc1c2C(c2c(-c3ccccc3)cc(-c3nc(-c4ccncc4)nc(-c4ccncc4)n3)cc2-c2ccccc2)c2ccccc2-1. The van der Waals surface area contributed by atoms with Crippen LogP contribution < -0.4 is 0 Å². The van der Waals surface area contributed by atoms with Gasteiger partial charge in [-0.2, -0.15) is 0 Å². The van der Waals surface area contributed by atoms with E-state index < -0.39 is 0 Å². The molecule has 2 aliphatic rings. The lowest BCUT2D eigenvalue weighted by molar-refractivity contribution is 0.660. The predicted octanol–water partition coefficient (Wildman–Crippen LogP) is 12.5. The minimum atomic E-state index is -0.133. The molecule has 58 heavy (non-hydrogen) atoms. The van der Waals surface area contributed by atoms with Crippen molar-refractivity contribution >= 4 is 0 Å². The van der Waals surface area contributed by atoms with Gasteiger partial charge in [0.2, 0.25) is 0 Å². The smallest absolute Gasteiger partial charge is 0.164 e. The Labute approximate surface area is 337 Å². The molecule has 0 saturated heterocycles. The van der Waals surface area contributed by atoms with Gasteiger partial charge >= 0.3 is 0 Å². The van der Waals surface area contributed by atoms with Crippen molar-refractivity contribution in [2.45, 2.75) is 25.2 Å². The molecule has 3 aromatic heterocycles. The third-order valence-electron chi connectivity index (χ3n) is 12.0. The van der Waals surface area contributed by atoms with Gasteiger partial charge in [-0.1, -0.05) is 135 Å². The van der Waals surface area contributed by atoms with E-state index in [1.807, 2.05) is 24.3 Å². The van der Waals surface area contributed by atoms with Gasteiger partial charge in [0.25, 0.3) is 0 Å². The molecular weight excluding hydrogens is 707 g/mol. The first-order chi connectivity index (χ1) is 28.5. The van der Waals surface area contributed by atoms with Gasteiger partial charge in [0.1, 0.15) is 0 Å². The van der Waals surface area contributed by atoms with Gasteiger partial charge in [-0.3, -0.25) is 9.97 Å². The molecule has 0 amide bonds. The Morgan fingerprint density at radius 1 is 0.379 bits per heavy atom. The highest BCUT2D eigenvalue weighted by Gasteiger charge is 2.43. The van der Waals surface area contributed by atoms with Crippen LogP contribution in [0.15, 0.2) is 183 Å². The van der Waals surface area contributed by atoms with Crippen LogP contribution in [0.2, 0.25) is 0 Å². The Bertz CT molecular complexity index is 2900. The van der Waals surface area contributed by atoms with Crippen molar-refractivity contribution in [1.29, 1.82) is 0 Å². The molecule has 9 aromatic rings. The van der Waals surface area contributed by atoms with Crippen LogP contribution in [0.5, 0.6) is 0 Å². The fourth-order valence-electron chi connectivity index (χ4n) is 9.38. The van der Waals surface area contributed by atoms with Crippen LogP contribution >= 0.6 is 0 Å². The van der Waals surface area contributed by atoms with Gasteiger partial charge in [-0.05, 0) is 109 Å². The average Bonchev–Trinajstić information content (AvgIpc) is 3.75. The highest BCUT2D eigenvalue weighted by Crippen LogP contribution is 2.60. The maximum Gasteiger partial charge on any atom is 0.164 e. The van der Waals surface area contributed by atoms with Gasteiger partial charge in [0, 0.05) is 52.8 Å². The van der Waals surface area contributed by atoms with E-state index in [9.17, 15) is 0 Å². The molecule has 1 atom stereocenters. The quantitative estimate of drug-likeness (QED) is 0.170. The summed E-state index contributed by atoms with van der Waals surface area (Å²) < 4.78 is 0. The summed E-state index contributed by atoms with van der Waals surface area (Å²) in [7, 11) is 0. The molecule has 0 radical (unpaired) electrons. The van der Waals surface area contributed by atoms with Crippen molar-refractivity contribution in [1.82, 2.24) is 24.9 Å². The topological polar surface area (TPSA) is 64.5 Å². The van der Waals surface area contributed by atoms with Gasteiger partial charge in [0.05, 0.1) is 0 Å². The Morgan fingerprint density at radius 3 is 1.47 bits per heavy atom. The summed E-state index contributed by atoms with van der Waals surface area (Å²) in [6.45, 7) is 4.74. The molecule has 0 N–H and O–H groups in total. The van der Waals surface area contributed by atoms with Crippen molar-refractivity contribution in [2.24, 2.45) is 0 Å². The second kappa shape index (κ2) is 13.4. The molecule has 5 nitrogen and oxygen atoms in total. The second-order valence-electron chi connectivity index (χ2n) is 15.6. The first-order valence-electron chi connectivity index (χ1n) is 19.8. The third kappa shape index (κ3) is 5.35. The Hall–Kier alpha value is -7.37. The lowest BCUT2D eigenvalue weighted by Gasteiger charge is -2.26. The van der Waals surface area contributed by atoms with Gasteiger partial charge in [-0.25, -0.2) is 15.0 Å². The van der Waals surface area contributed by atoms with E-state index in [1.54, 1.807) is 24.8 Å². The molecule has 0 bridgehead atoms. The Balaban J connectivity index is 1.25. The first-order valence-corrected chi connectivity index (χ1v) is 19.8. The van der Waals surface area contributed by atoms with Crippen molar-refractivity contribution in [3.05, 3.63) is 210 Å². The van der Waals surface area contributed by atoms with E-state index in [0.29, 0.717) is 17.5 Å². The Morgan fingerprint density at radius 2 is 0.879 bits per heavy atom. The lowest BCUT2D eigenvalue weighted by Crippen LogP contribution is -2.15. The summed E-state index contributed by atoms with van der Waals surface area (Å²) in [6.07, 6.45) is 7.09. The highest BCUT2D eigenvalue weighted by molar-refractivity contribution is 5.97. The minimum Gasteiger partial charge on any atom is -0.265 e. The van der Waals surface area contributed by atoms with E-state index >= 15 is 0 Å². The maximum atomic E-state index is 5.19. The molecule has 5 heteroatoms. The van der Waals surface area contributed by atoms with E-state index in [1.165, 1.54) is 50.1 Å². The zero-order valence-corrected chi connectivity index (χ0v) is 32.1. The average molecular weight is 744 g/mol. The minimum absolute atomic E-state index is 0.0549. The van der Waals surface area contributed by atoms with Crippen molar-refractivity contribution in [3.8, 4) is 78.7 Å².